The molecular weight excluding hydrogens is 712 g/mol. The van der Waals surface area contributed by atoms with E-state index in [4.69, 9.17) is 32.7 Å². The molecule has 3 aromatic carbocycles. The molecule has 0 unspecified atom stereocenters. The van der Waals surface area contributed by atoms with Gasteiger partial charge >= 0.3 is 4.87 Å². The Kier molecular flexibility index (Phi) is 8.25. The third-order valence-corrected chi connectivity index (χ3v) is 13.3. The van der Waals surface area contributed by atoms with Crippen LogP contribution in [0.4, 0.5) is 15.8 Å². The fraction of sp³-hybridized carbons (Fsp3) is 0.314. The number of thiazole rings is 1. The van der Waals surface area contributed by atoms with E-state index in [-0.39, 0.29) is 52.2 Å². The summed E-state index contributed by atoms with van der Waals surface area (Å²) in [6.07, 6.45) is 0.732. The second-order valence-electron chi connectivity index (χ2n) is 12.6. The molecule has 2 aliphatic carbocycles. The lowest BCUT2D eigenvalue weighted by Gasteiger charge is -2.43. The number of halogens is 3. The molecule has 2 aliphatic heterocycles. The van der Waals surface area contributed by atoms with Crippen LogP contribution in [0.1, 0.15) is 29.7 Å². The Bertz CT molecular complexity index is 2070. The molecular formula is C35H28Cl2FN3O6S2. The number of thioether (sulfide) groups is 1. The van der Waals surface area contributed by atoms with Gasteiger partial charge in [-0.3, -0.25) is 24.1 Å². The summed E-state index contributed by atoms with van der Waals surface area (Å²) in [5.41, 5.74) is 1.74. The molecule has 14 heteroatoms. The van der Waals surface area contributed by atoms with E-state index in [1.807, 2.05) is 19.1 Å². The molecule has 9 nitrogen and oxygen atoms in total. The topological polar surface area (TPSA) is 118 Å². The predicted octanol–water partition coefficient (Wildman–Crippen LogP) is 6.98. The number of anilines is 2. The lowest BCUT2D eigenvalue weighted by molar-refractivity contribution is -0.123. The van der Waals surface area contributed by atoms with Crippen molar-refractivity contribution in [2.75, 3.05) is 23.4 Å². The van der Waals surface area contributed by atoms with E-state index in [0.717, 1.165) is 33.2 Å². The van der Waals surface area contributed by atoms with Crippen LogP contribution < -0.4 is 24.6 Å². The first-order chi connectivity index (χ1) is 23.6. The van der Waals surface area contributed by atoms with Crippen molar-refractivity contribution < 1.29 is 28.2 Å². The highest BCUT2D eigenvalue weighted by Crippen LogP contribution is 2.68. The Hall–Kier alpha value is -3.84. The number of aromatic nitrogens is 1. The normalized spacial score (nSPS) is 26.4. The molecule has 0 radical (unpaired) electrons. The SMILES string of the molecule is CCOc1cc([C@@H]2c3sc(=O)[nH]c3S[C@@H]3[C@@H]4C[C@@H]([C@@H]5C(=O)N(c6ccc(F)cc6)C(=O)[C@@H]45)[C@H]23)ccc1OCC(=O)Nc1ccc(Cl)c(Cl)c1. The minimum absolute atomic E-state index is 0.00421. The standard InChI is InChI=1S/C35H28Cl2FN3O6S2/c1-2-46-24-11-15(3-10-23(24)47-14-25(42)39-17-6-9-21(36)22(37)12-17)26-27-19-13-20(30(27)48-32-31(26)49-35(45)40-32)29-28(19)33(43)41(34(29)44)18-7-4-16(38)5-8-18/h3-12,19-20,26-30H,2,13-14H2,1H3,(H,39,42)(H,40,45)/t19-,20-,26+,27-,28+,29+,30-/m1/s1. The Labute approximate surface area is 298 Å². The van der Waals surface area contributed by atoms with E-state index in [2.05, 4.69) is 10.3 Å². The molecule has 49 heavy (non-hydrogen) atoms. The minimum Gasteiger partial charge on any atom is -0.490 e. The molecule has 8 rings (SSSR count). The highest BCUT2D eigenvalue weighted by atomic mass is 35.5. The van der Waals surface area contributed by atoms with Crippen LogP contribution in [0.25, 0.3) is 0 Å². The maximum absolute atomic E-state index is 14.0. The number of hydrogen-bond donors (Lipinski definition) is 2. The number of carbonyl (C=O) groups excluding carboxylic acids is 3. The van der Waals surface area contributed by atoms with Crippen molar-refractivity contribution in [1.29, 1.82) is 0 Å². The average molecular weight is 741 g/mol. The number of hydrogen-bond acceptors (Lipinski definition) is 8. The largest absolute Gasteiger partial charge is 0.490 e. The Balaban J connectivity index is 1.09. The van der Waals surface area contributed by atoms with E-state index in [0.29, 0.717) is 39.5 Å². The number of benzene rings is 3. The fourth-order valence-corrected chi connectivity index (χ4v) is 11.4. The van der Waals surface area contributed by atoms with Crippen LogP contribution in [-0.2, 0) is 14.4 Å². The number of amides is 3. The van der Waals surface area contributed by atoms with Crippen LogP contribution >= 0.6 is 46.3 Å². The summed E-state index contributed by atoms with van der Waals surface area (Å²) in [5, 5.41) is 4.21. The van der Waals surface area contributed by atoms with Gasteiger partial charge in [0.05, 0.1) is 39.2 Å². The van der Waals surface area contributed by atoms with Gasteiger partial charge in [-0.15, -0.1) is 11.8 Å². The molecule has 3 heterocycles. The number of rotatable bonds is 8. The van der Waals surface area contributed by atoms with Gasteiger partial charge in [-0.1, -0.05) is 40.6 Å². The summed E-state index contributed by atoms with van der Waals surface area (Å²) >= 11 is 14.8. The minimum atomic E-state index is -0.493. The number of H-pyrrole nitrogens is 1. The van der Waals surface area contributed by atoms with Crippen LogP contribution in [0.5, 0.6) is 11.5 Å². The zero-order chi connectivity index (χ0) is 34.1. The van der Waals surface area contributed by atoms with Gasteiger partial charge in [-0.05, 0) is 91.3 Å². The van der Waals surface area contributed by atoms with Gasteiger partial charge in [-0.25, -0.2) is 4.39 Å². The van der Waals surface area contributed by atoms with E-state index in [1.165, 1.54) is 29.2 Å². The van der Waals surface area contributed by atoms with Gasteiger partial charge in [0, 0.05) is 21.7 Å². The molecule has 7 atom stereocenters. The van der Waals surface area contributed by atoms with Crippen molar-refractivity contribution in [3.8, 4) is 11.5 Å². The van der Waals surface area contributed by atoms with E-state index in [1.54, 1.807) is 36.0 Å². The van der Waals surface area contributed by atoms with E-state index >= 15 is 0 Å². The van der Waals surface area contributed by atoms with Crippen LogP contribution in [0.3, 0.4) is 0 Å². The van der Waals surface area contributed by atoms with E-state index in [9.17, 15) is 23.6 Å². The van der Waals surface area contributed by atoms with Crippen molar-refractivity contribution in [3.63, 3.8) is 0 Å². The van der Waals surface area contributed by atoms with Gasteiger partial charge in [0.2, 0.25) is 11.8 Å². The van der Waals surface area contributed by atoms with Gasteiger partial charge < -0.3 is 19.8 Å². The third-order valence-electron chi connectivity index (χ3n) is 10.00. The van der Waals surface area contributed by atoms with Gasteiger partial charge in [0.1, 0.15) is 5.82 Å². The van der Waals surface area contributed by atoms with Crippen molar-refractivity contribution in [2.45, 2.75) is 29.5 Å². The van der Waals surface area contributed by atoms with Gasteiger partial charge in [-0.2, -0.15) is 0 Å². The highest BCUT2D eigenvalue weighted by molar-refractivity contribution is 8.00. The Morgan fingerprint density at radius 3 is 2.45 bits per heavy atom. The number of ether oxygens (including phenoxy) is 2. The van der Waals surface area contributed by atoms with Crippen LogP contribution in [0.2, 0.25) is 10.0 Å². The lowest BCUT2D eigenvalue weighted by atomic mass is 9.68. The second kappa shape index (κ2) is 12.5. The Morgan fingerprint density at radius 2 is 1.71 bits per heavy atom. The van der Waals surface area contributed by atoms with Crippen LogP contribution in [-0.4, -0.2) is 41.2 Å². The first-order valence-electron chi connectivity index (χ1n) is 15.8. The first-order valence-corrected chi connectivity index (χ1v) is 18.3. The number of nitrogens with zero attached hydrogens (tertiary/aromatic N) is 1. The van der Waals surface area contributed by atoms with Crippen molar-refractivity contribution in [2.24, 2.45) is 29.6 Å². The summed E-state index contributed by atoms with van der Waals surface area (Å²) in [4.78, 5) is 58.2. The average Bonchev–Trinajstić information content (AvgIpc) is 3.81. The molecule has 4 aromatic rings. The van der Waals surface area contributed by atoms with Crippen LogP contribution in [0, 0.1) is 35.4 Å². The number of carbonyl (C=O) groups is 3. The number of fused-ring (bicyclic) bond motifs is 9. The summed E-state index contributed by atoms with van der Waals surface area (Å²) in [5.74, 6) is -1.90. The molecule has 1 saturated heterocycles. The highest BCUT2D eigenvalue weighted by Gasteiger charge is 2.69. The van der Waals surface area contributed by atoms with Crippen molar-refractivity contribution in [1.82, 2.24) is 4.98 Å². The maximum atomic E-state index is 14.0. The summed E-state index contributed by atoms with van der Waals surface area (Å²) in [6.45, 7) is 1.90. The third kappa shape index (κ3) is 5.44. The van der Waals surface area contributed by atoms with Crippen molar-refractivity contribution in [3.05, 3.63) is 96.6 Å². The number of aromatic amines is 1. The summed E-state index contributed by atoms with van der Waals surface area (Å²) in [7, 11) is 0. The number of imide groups is 1. The van der Waals surface area contributed by atoms with Crippen LogP contribution in [0.15, 0.2) is 70.5 Å². The zero-order valence-electron chi connectivity index (χ0n) is 25.8. The molecule has 0 spiro atoms. The number of nitrogens with one attached hydrogen (secondary N) is 2. The molecule has 3 fully saturated rings. The van der Waals surface area contributed by atoms with Gasteiger partial charge in [0.15, 0.2) is 18.1 Å². The molecule has 252 valence electrons. The maximum Gasteiger partial charge on any atom is 0.305 e. The molecule has 4 aliphatic rings. The molecule has 2 N–H and O–H groups in total. The Morgan fingerprint density at radius 1 is 0.959 bits per heavy atom. The smallest absolute Gasteiger partial charge is 0.305 e. The first kappa shape index (κ1) is 32.4. The zero-order valence-corrected chi connectivity index (χ0v) is 28.9. The quantitative estimate of drug-likeness (QED) is 0.187. The molecule has 3 amide bonds. The fourth-order valence-electron chi connectivity index (χ4n) is 8.25. The summed E-state index contributed by atoms with van der Waals surface area (Å²) < 4.78 is 25.6. The lowest BCUT2D eigenvalue weighted by Crippen LogP contribution is -2.42. The monoisotopic (exact) mass is 739 g/mol. The van der Waals surface area contributed by atoms with Crippen molar-refractivity contribution >= 4 is 75.4 Å². The second-order valence-corrected chi connectivity index (χ2v) is 15.6. The van der Waals surface area contributed by atoms with Gasteiger partial charge in [0.25, 0.3) is 5.91 Å². The molecule has 2 saturated carbocycles. The predicted molar refractivity (Wildman–Crippen MR) is 186 cm³/mol. The molecule has 2 bridgehead atoms. The summed E-state index contributed by atoms with van der Waals surface area (Å²) in [6, 6.07) is 15.8. The van der Waals surface area contributed by atoms with E-state index < -0.39 is 23.6 Å². The molecule has 1 aromatic heterocycles.